The van der Waals surface area contributed by atoms with Gasteiger partial charge in [-0.05, 0) is 44.5 Å². The average molecular weight is 318 g/mol. The third kappa shape index (κ3) is 3.29. The van der Waals surface area contributed by atoms with Gasteiger partial charge in [0.15, 0.2) is 5.78 Å². The van der Waals surface area contributed by atoms with Crippen molar-refractivity contribution in [3.05, 3.63) is 64.5 Å². The molecule has 3 heteroatoms. The van der Waals surface area contributed by atoms with Crippen LogP contribution in [0.5, 0.6) is 0 Å². The molecule has 0 saturated carbocycles. The van der Waals surface area contributed by atoms with Crippen LogP contribution in [-0.2, 0) is 0 Å². The third-order valence-corrected chi connectivity index (χ3v) is 3.87. The molecule has 0 aliphatic heterocycles. The molecule has 0 aliphatic rings. The fourth-order valence-electron chi connectivity index (χ4n) is 2.11. The monoisotopic (exact) mass is 317 g/mol. The summed E-state index contributed by atoms with van der Waals surface area (Å²) in [5.41, 5.74) is 4.63. The van der Waals surface area contributed by atoms with Gasteiger partial charge < -0.3 is 0 Å². The molecule has 0 saturated heterocycles. The quantitative estimate of drug-likeness (QED) is 0.623. The molecule has 1 unspecified atom stereocenters. The molecule has 0 radical (unpaired) electrons. The summed E-state index contributed by atoms with van der Waals surface area (Å²) in [6, 6.07) is 11.5. The summed E-state index contributed by atoms with van der Waals surface area (Å²) in [5.74, 6) is 0.0775. The van der Waals surface area contributed by atoms with Crippen LogP contribution in [0.25, 0.3) is 0 Å². The standard InChI is InChI=1S/C16H16BrNO/c1-10-5-4-6-13(7-10)16(19)15(17)14-8-11(2)18-12(3)9-14/h4-9,15H,1-3H3. The second-order valence-corrected chi connectivity index (χ2v) is 5.70. The van der Waals surface area contributed by atoms with Crippen molar-refractivity contribution >= 4 is 21.7 Å². The van der Waals surface area contributed by atoms with Crippen molar-refractivity contribution in [1.29, 1.82) is 0 Å². The van der Waals surface area contributed by atoms with Crippen LogP contribution in [0.15, 0.2) is 36.4 Å². The Kier molecular flexibility index (Phi) is 4.15. The second-order valence-electron chi connectivity index (χ2n) is 4.78. The average Bonchev–Trinajstić information content (AvgIpc) is 2.36. The fraction of sp³-hybridized carbons (Fsp3) is 0.250. The van der Waals surface area contributed by atoms with E-state index in [0.29, 0.717) is 0 Å². The summed E-state index contributed by atoms with van der Waals surface area (Å²) in [4.78, 5) is 16.5. The molecule has 0 N–H and O–H groups in total. The number of carbonyl (C=O) groups is 1. The zero-order valence-electron chi connectivity index (χ0n) is 11.3. The Morgan fingerprint density at radius 2 is 1.74 bits per heavy atom. The number of nitrogens with zero attached hydrogens (tertiary/aromatic N) is 1. The maximum Gasteiger partial charge on any atom is 0.180 e. The van der Waals surface area contributed by atoms with E-state index in [4.69, 9.17) is 0 Å². The SMILES string of the molecule is Cc1cccc(C(=O)C(Br)c2cc(C)nc(C)c2)c1. The maximum atomic E-state index is 12.5. The Morgan fingerprint density at radius 1 is 1.11 bits per heavy atom. The van der Waals surface area contributed by atoms with Crippen molar-refractivity contribution in [3.63, 3.8) is 0 Å². The van der Waals surface area contributed by atoms with Crippen molar-refractivity contribution in [2.45, 2.75) is 25.6 Å². The summed E-state index contributed by atoms with van der Waals surface area (Å²) in [5, 5.41) is 0. The highest BCUT2D eigenvalue weighted by Gasteiger charge is 2.19. The smallest absolute Gasteiger partial charge is 0.180 e. The van der Waals surface area contributed by atoms with Crippen LogP contribution >= 0.6 is 15.9 Å². The van der Waals surface area contributed by atoms with Crippen LogP contribution in [0.3, 0.4) is 0 Å². The van der Waals surface area contributed by atoms with Gasteiger partial charge >= 0.3 is 0 Å². The molecular weight excluding hydrogens is 302 g/mol. The van der Waals surface area contributed by atoms with E-state index >= 15 is 0 Å². The van der Waals surface area contributed by atoms with E-state index in [9.17, 15) is 4.79 Å². The van der Waals surface area contributed by atoms with E-state index in [0.717, 1.165) is 28.1 Å². The van der Waals surface area contributed by atoms with Crippen molar-refractivity contribution in [1.82, 2.24) is 4.98 Å². The molecule has 0 aliphatic carbocycles. The number of pyridine rings is 1. The minimum Gasteiger partial charge on any atom is -0.293 e. The molecule has 0 bridgehead atoms. The Hall–Kier alpha value is -1.48. The predicted octanol–water partition coefficient (Wildman–Crippen LogP) is 4.33. The highest BCUT2D eigenvalue weighted by atomic mass is 79.9. The van der Waals surface area contributed by atoms with Gasteiger partial charge in [-0.15, -0.1) is 0 Å². The van der Waals surface area contributed by atoms with E-state index in [-0.39, 0.29) is 10.6 Å². The van der Waals surface area contributed by atoms with Gasteiger partial charge in [-0.3, -0.25) is 9.78 Å². The molecule has 1 aromatic heterocycles. The lowest BCUT2D eigenvalue weighted by molar-refractivity contribution is 0.0991. The number of Topliss-reactive ketones (excluding diaryl/α,β-unsaturated/α-hetero) is 1. The van der Waals surface area contributed by atoms with Gasteiger partial charge in [-0.25, -0.2) is 0 Å². The summed E-state index contributed by atoms with van der Waals surface area (Å²) in [6.45, 7) is 5.86. The number of benzene rings is 1. The van der Waals surface area contributed by atoms with Crippen LogP contribution in [0.4, 0.5) is 0 Å². The first-order chi connectivity index (χ1) is 8.97. The van der Waals surface area contributed by atoms with Gasteiger partial charge in [0.1, 0.15) is 4.83 Å². The molecule has 98 valence electrons. The zero-order chi connectivity index (χ0) is 14.0. The number of hydrogen-bond donors (Lipinski definition) is 0. The van der Waals surface area contributed by atoms with E-state index in [2.05, 4.69) is 20.9 Å². The number of halogens is 1. The van der Waals surface area contributed by atoms with Gasteiger partial charge in [0.05, 0.1) is 0 Å². The van der Waals surface area contributed by atoms with Gasteiger partial charge in [-0.1, -0.05) is 39.7 Å². The van der Waals surface area contributed by atoms with Gasteiger partial charge in [0, 0.05) is 17.0 Å². The second kappa shape index (κ2) is 5.66. The third-order valence-electron chi connectivity index (χ3n) is 2.93. The van der Waals surface area contributed by atoms with Crippen LogP contribution in [0, 0.1) is 20.8 Å². The number of aryl methyl sites for hydroxylation is 3. The largest absolute Gasteiger partial charge is 0.293 e. The van der Waals surface area contributed by atoms with Crippen molar-refractivity contribution in [3.8, 4) is 0 Å². The van der Waals surface area contributed by atoms with Gasteiger partial charge in [0.2, 0.25) is 0 Å². The van der Waals surface area contributed by atoms with E-state index in [1.54, 1.807) is 0 Å². The van der Waals surface area contributed by atoms with Crippen LogP contribution < -0.4 is 0 Å². The van der Waals surface area contributed by atoms with Gasteiger partial charge in [-0.2, -0.15) is 0 Å². The molecule has 1 aromatic carbocycles. The molecule has 19 heavy (non-hydrogen) atoms. The Balaban J connectivity index is 2.33. The number of hydrogen-bond acceptors (Lipinski definition) is 2. The lowest BCUT2D eigenvalue weighted by Crippen LogP contribution is -2.08. The minimum atomic E-state index is -0.324. The highest BCUT2D eigenvalue weighted by Crippen LogP contribution is 2.28. The minimum absolute atomic E-state index is 0.0775. The van der Waals surface area contributed by atoms with E-state index in [1.165, 1.54) is 0 Å². The van der Waals surface area contributed by atoms with Crippen molar-refractivity contribution in [2.75, 3.05) is 0 Å². The fourth-order valence-corrected chi connectivity index (χ4v) is 2.64. The lowest BCUT2D eigenvalue weighted by atomic mass is 10.0. The topological polar surface area (TPSA) is 30.0 Å². The van der Waals surface area contributed by atoms with Crippen molar-refractivity contribution < 1.29 is 4.79 Å². The number of alkyl halides is 1. The van der Waals surface area contributed by atoms with Crippen LogP contribution in [0.1, 0.15) is 37.7 Å². The first kappa shape index (κ1) is 13.9. The highest BCUT2D eigenvalue weighted by molar-refractivity contribution is 9.09. The Morgan fingerprint density at radius 3 is 2.32 bits per heavy atom. The predicted molar refractivity (Wildman–Crippen MR) is 80.9 cm³/mol. The summed E-state index contributed by atoms with van der Waals surface area (Å²) in [7, 11) is 0. The van der Waals surface area contributed by atoms with Crippen LogP contribution in [-0.4, -0.2) is 10.8 Å². The van der Waals surface area contributed by atoms with Crippen LogP contribution in [0.2, 0.25) is 0 Å². The molecule has 2 aromatic rings. The molecule has 0 spiro atoms. The lowest BCUT2D eigenvalue weighted by Gasteiger charge is -2.11. The van der Waals surface area contributed by atoms with Crippen molar-refractivity contribution in [2.24, 2.45) is 0 Å². The molecule has 0 fully saturated rings. The first-order valence-corrected chi connectivity index (χ1v) is 7.09. The maximum absolute atomic E-state index is 12.5. The van der Waals surface area contributed by atoms with E-state index < -0.39 is 0 Å². The summed E-state index contributed by atoms with van der Waals surface area (Å²) >= 11 is 3.50. The number of ketones is 1. The number of carbonyl (C=O) groups excluding carboxylic acids is 1. The summed E-state index contributed by atoms with van der Waals surface area (Å²) < 4.78 is 0. The molecule has 2 rings (SSSR count). The molecule has 0 amide bonds. The number of aromatic nitrogens is 1. The molecule has 2 nitrogen and oxygen atoms in total. The molecule has 1 heterocycles. The Labute approximate surface area is 122 Å². The zero-order valence-corrected chi connectivity index (χ0v) is 12.9. The molecular formula is C16H16BrNO. The normalized spacial score (nSPS) is 12.2. The first-order valence-electron chi connectivity index (χ1n) is 6.17. The Bertz CT molecular complexity index is 602. The number of rotatable bonds is 3. The molecule has 1 atom stereocenters. The summed E-state index contributed by atoms with van der Waals surface area (Å²) in [6.07, 6.45) is 0. The van der Waals surface area contributed by atoms with Gasteiger partial charge in [0.25, 0.3) is 0 Å². The van der Waals surface area contributed by atoms with E-state index in [1.807, 2.05) is 57.2 Å².